The normalized spacial score (nSPS) is 24.0. The summed E-state index contributed by atoms with van der Waals surface area (Å²) < 4.78 is 40.1. The summed E-state index contributed by atoms with van der Waals surface area (Å²) in [5.74, 6) is 0.718. The fourth-order valence-electron chi connectivity index (χ4n) is 4.08. The first kappa shape index (κ1) is 26.2. The summed E-state index contributed by atoms with van der Waals surface area (Å²) in [6.07, 6.45) is 0.577. The zero-order valence-electron chi connectivity index (χ0n) is 19.7. The van der Waals surface area contributed by atoms with Crippen LogP contribution in [0.2, 0.25) is 0 Å². The van der Waals surface area contributed by atoms with Crippen molar-refractivity contribution < 1.29 is 23.0 Å². The van der Waals surface area contributed by atoms with Gasteiger partial charge in [-0.2, -0.15) is 8.78 Å². The van der Waals surface area contributed by atoms with Crippen molar-refractivity contribution in [3.05, 3.63) is 41.7 Å². The van der Waals surface area contributed by atoms with Gasteiger partial charge in [0.15, 0.2) is 0 Å². The van der Waals surface area contributed by atoms with Crippen molar-refractivity contribution in [3.63, 3.8) is 0 Å². The number of hydrogen-bond acceptors (Lipinski definition) is 7. The number of ether oxygens (including phenoxy) is 2. The molecular formula is C23H32F2N5O3P. The number of carbonyl (C=O) groups is 1. The zero-order chi connectivity index (χ0) is 24.9. The van der Waals surface area contributed by atoms with Crippen LogP contribution >= 0.6 is 9.24 Å². The van der Waals surface area contributed by atoms with Gasteiger partial charge in [0.25, 0.3) is 5.66 Å². The molecule has 1 amide bonds. The van der Waals surface area contributed by atoms with Crippen LogP contribution in [0.1, 0.15) is 38.4 Å². The molecule has 1 aromatic rings. The molecule has 2 N–H and O–H groups in total. The van der Waals surface area contributed by atoms with Crippen molar-refractivity contribution in [2.45, 2.75) is 45.0 Å². The summed E-state index contributed by atoms with van der Waals surface area (Å²) in [5.41, 5.74) is -1.81. The van der Waals surface area contributed by atoms with Crippen molar-refractivity contribution in [1.29, 1.82) is 0 Å². The summed E-state index contributed by atoms with van der Waals surface area (Å²) in [6, 6.07) is 2.75. The minimum atomic E-state index is -3.15. The molecule has 0 saturated carbocycles. The molecule has 3 atom stereocenters. The summed E-state index contributed by atoms with van der Waals surface area (Å²) >= 11 is 0. The Kier molecular flexibility index (Phi) is 8.73. The zero-order valence-corrected chi connectivity index (χ0v) is 20.9. The number of hydrogen-bond donors (Lipinski definition) is 2. The topological polar surface area (TPSA) is 88.1 Å². The molecule has 0 spiro atoms. The van der Waals surface area contributed by atoms with E-state index in [1.165, 1.54) is 18.3 Å². The van der Waals surface area contributed by atoms with Crippen LogP contribution in [0.15, 0.2) is 35.5 Å². The number of pyridine rings is 1. The van der Waals surface area contributed by atoms with Gasteiger partial charge < -0.3 is 19.7 Å². The number of alkyl carbamates (subject to hydrolysis) is 1. The first-order valence-corrected chi connectivity index (χ1v) is 11.9. The molecule has 8 nitrogen and oxygen atoms in total. The van der Waals surface area contributed by atoms with Crippen molar-refractivity contribution in [2.75, 3.05) is 37.7 Å². The van der Waals surface area contributed by atoms with Crippen molar-refractivity contribution in [3.8, 4) is 0 Å². The third kappa shape index (κ3) is 5.98. The van der Waals surface area contributed by atoms with Gasteiger partial charge in [0, 0.05) is 43.6 Å². The van der Waals surface area contributed by atoms with E-state index in [0.717, 1.165) is 0 Å². The number of halogens is 2. The number of amides is 1. The number of amidine groups is 1. The molecule has 0 bridgehead atoms. The van der Waals surface area contributed by atoms with Gasteiger partial charge in [0.05, 0.1) is 18.3 Å². The van der Waals surface area contributed by atoms with E-state index in [0.29, 0.717) is 61.9 Å². The predicted molar refractivity (Wildman–Crippen MR) is 132 cm³/mol. The number of allylic oxidation sites excluding steroid dienone is 1. The van der Waals surface area contributed by atoms with Gasteiger partial charge in [-0.1, -0.05) is 22.7 Å². The third-order valence-corrected chi connectivity index (χ3v) is 6.12. The quantitative estimate of drug-likeness (QED) is 0.536. The third-order valence-electron chi connectivity index (χ3n) is 5.78. The molecule has 2 unspecified atom stereocenters. The molecule has 0 aromatic carbocycles. The van der Waals surface area contributed by atoms with E-state index >= 15 is 0 Å². The highest BCUT2D eigenvalue weighted by molar-refractivity contribution is 7.17. The number of carbonyl (C=O) groups excluding carboxylic acids is 1. The van der Waals surface area contributed by atoms with Gasteiger partial charge in [0.1, 0.15) is 17.8 Å². The second-order valence-electron chi connectivity index (χ2n) is 8.06. The molecule has 2 fully saturated rings. The van der Waals surface area contributed by atoms with Gasteiger partial charge in [-0.25, -0.2) is 14.8 Å². The minimum absolute atomic E-state index is 0.0472. The number of aliphatic imine (C=N–C) groups is 1. The number of piperazine rings is 1. The maximum Gasteiger partial charge on any atom is 0.413 e. The minimum Gasteiger partial charge on any atom is -0.441 e. The largest absolute Gasteiger partial charge is 0.441 e. The van der Waals surface area contributed by atoms with Crippen LogP contribution in [-0.4, -0.2) is 61.9 Å². The second kappa shape index (κ2) is 11.3. The molecule has 11 heteroatoms. The lowest BCUT2D eigenvalue weighted by Crippen LogP contribution is -2.54. The first-order chi connectivity index (χ1) is 16.2. The summed E-state index contributed by atoms with van der Waals surface area (Å²) in [5, 5.41) is 5.90. The van der Waals surface area contributed by atoms with Crippen molar-refractivity contribution >= 4 is 32.6 Å². The van der Waals surface area contributed by atoms with E-state index in [1.807, 2.05) is 18.7 Å². The lowest BCUT2D eigenvalue weighted by molar-refractivity contribution is 0.104. The van der Waals surface area contributed by atoms with E-state index < -0.39 is 17.9 Å². The van der Waals surface area contributed by atoms with Crippen LogP contribution in [0.25, 0.3) is 5.57 Å². The van der Waals surface area contributed by atoms with Gasteiger partial charge in [-0.3, -0.25) is 5.32 Å². The average Bonchev–Trinajstić information content (AvgIpc) is 2.81. The summed E-state index contributed by atoms with van der Waals surface area (Å²) in [6.45, 7) is 12.1. The van der Waals surface area contributed by atoms with Gasteiger partial charge in [-0.15, -0.1) is 0 Å². The molecule has 0 aliphatic carbocycles. The number of rotatable bonds is 8. The van der Waals surface area contributed by atoms with Crippen LogP contribution in [0.5, 0.6) is 0 Å². The number of cyclic esters (lactones) is 1. The molecule has 3 heterocycles. The van der Waals surface area contributed by atoms with Crippen LogP contribution in [-0.2, 0) is 15.1 Å². The van der Waals surface area contributed by atoms with E-state index in [2.05, 4.69) is 22.2 Å². The lowest BCUT2D eigenvalue weighted by Gasteiger charge is -2.37. The summed E-state index contributed by atoms with van der Waals surface area (Å²) in [7, 11) is 1.60. The molecule has 1 aromatic heterocycles. The average molecular weight is 496 g/mol. The smallest absolute Gasteiger partial charge is 0.413 e. The Labute approximate surface area is 201 Å². The highest BCUT2D eigenvalue weighted by atomic mass is 31.0. The van der Waals surface area contributed by atoms with E-state index in [-0.39, 0.29) is 17.4 Å². The number of aromatic nitrogens is 1. The van der Waals surface area contributed by atoms with Crippen LogP contribution < -0.4 is 15.5 Å². The Morgan fingerprint density at radius 2 is 2.24 bits per heavy atom. The monoisotopic (exact) mass is 495 g/mol. The molecule has 186 valence electrons. The maximum absolute atomic E-state index is 14.5. The number of alkyl halides is 2. The van der Waals surface area contributed by atoms with E-state index in [1.54, 1.807) is 16.2 Å². The molecular weight excluding hydrogens is 463 g/mol. The summed E-state index contributed by atoms with van der Waals surface area (Å²) in [4.78, 5) is 22.9. The Hall–Kier alpha value is -2.42. The van der Waals surface area contributed by atoms with E-state index in [9.17, 15) is 13.6 Å². The fourth-order valence-corrected chi connectivity index (χ4v) is 4.25. The first-order valence-electron chi connectivity index (χ1n) is 11.3. The molecule has 34 heavy (non-hydrogen) atoms. The van der Waals surface area contributed by atoms with Crippen LogP contribution in [0.4, 0.5) is 19.4 Å². The number of anilines is 1. The second-order valence-corrected chi connectivity index (χ2v) is 8.78. The SMILES string of the molecule is C=CN=C1NC(=O)OC(CC)/C1=C(/C)c1cc(C(F)(F)P)cc(N2CCNC[C@@H]2COCC)n1. The van der Waals surface area contributed by atoms with Crippen molar-refractivity contribution in [2.24, 2.45) is 4.99 Å². The van der Waals surface area contributed by atoms with E-state index in [4.69, 9.17) is 14.5 Å². The lowest BCUT2D eigenvalue weighted by atomic mass is 9.96. The standard InChI is InChI=1S/C23H32F2N5O3P/c1-5-18-20(21(27-6-2)29-22(31)33-18)14(4)17-10-15(23(24,25)34)11-19(28-17)30-9-8-26-12-16(30)13-32-7-3/h6,10-11,16,18,26H,2,5,7-9,12-13,34H2,1,3-4H3,(H,27,29,31)/b20-14+/t16-,18?/m1/s1. The number of nitrogens with zero attached hydrogens (tertiary/aromatic N) is 3. The Bertz CT molecular complexity index is 980. The highest BCUT2D eigenvalue weighted by Gasteiger charge is 2.33. The number of nitrogens with one attached hydrogen (secondary N) is 2. The fraction of sp³-hybridized carbons (Fsp3) is 0.522. The molecule has 0 radical (unpaired) electrons. The highest BCUT2D eigenvalue weighted by Crippen LogP contribution is 2.38. The molecule has 3 rings (SSSR count). The Balaban J connectivity index is 2.16. The Morgan fingerprint density at radius 1 is 1.47 bits per heavy atom. The van der Waals surface area contributed by atoms with Crippen molar-refractivity contribution in [1.82, 2.24) is 15.6 Å². The predicted octanol–water partition coefficient (Wildman–Crippen LogP) is 3.65. The van der Waals surface area contributed by atoms with Crippen LogP contribution in [0, 0.1) is 0 Å². The molecule has 2 aliphatic rings. The molecule has 2 aliphatic heterocycles. The molecule has 2 saturated heterocycles. The maximum atomic E-state index is 14.5. The van der Waals surface area contributed by atoms with Gasteiger partial charge >= 0.3 is 6.09 Å². The van der Waals surface area contributed by atoms with Gasteiger partial charge in [-0.05, 0) is 38.0 Å². The van der Waals surface area contributed by atoms with Gasteiger partial charge in [0.2, 0.25) is 0 Å². The Morgan fingerprint density at radius 3 is 2.88 bits per heavy atom. The van der Waals surface area contributed by atoms with Crippen LogP contribution in [0.3, 0.4) is 0 Å².